The van der Waals surface area contributed by atoms with Crippen molar-refractivity contribution >= 4 is 10.1 Å². The van der Waals surface area contributed by atoms with Gasteiger partial charge < -0.3 is 0 Å². The maximum absolute atomic E-state index is 10.3. The van der Waals surface area contributed by atoms with Gasteiger partial charge in [-0.3, -0.25) is 4.55 Å². The summed E-state index contributed by atoms with van der Waals surface area (Å²) in [6.07, 6.45) is 3.68. The SMILES string of the molecule is O=S(=O)(O)C1=CCCC1.[Ni]. The molecule has 0 fully saturated rings. The van der Waals surface area contributed by atoms with Crippen molar-refractivity contribution in [2.24, 2.45) is 0 Å². The fourth-order valence-electron chi connectivity index (χ4n) is 0.876. The molecule has 62 valence electrons. The second-order valence-electron chi connectivity index (χ2n) is 2.04. The first-order valence-corrected chi connectivity index (χ1v) is 4.21. The Hall–Kier alpha value is 0.144. The third-order valence-electron chi connectivity index (χ3n) is 1.33. The van der Waals surface area contributed by atoms with Crippen molar-refractivity contribution < 1.29 is 29.5 Å². The minimum absolute atomic E-state index is 0. The van der Waals surface area contributed by atoms with E-state index in [0.29, 0.717) is 6.42 Å². The van der Waals surface area contributed by atoms with E-state index in [9.17, 15) is 8.42 Å². The molecule has 0 aromatic carbocycles. The molecule has 1 N–H and O–H groups in total. The maximum Gasteiger partial charge on any atom is 0.290 e. The molecular weight excluding hydrogens is 199 g/mol. The topological polar surface area (TPSA) is 54.4 Å². The average molecular weight is 207 g/mol. The monoisotopic (exact) mass is 206 g/mol. The maximum atomic E-state index is 10.3. The van der Waals surface area contributed by atoms with Crippen molar-refractivity contribution in [3.63, 3.8) is 0 Å². The van der Waals surface area contributed by atoms with Crippen LogP contribution < -0.4 is 0 Å². The number of rotatable bonds is 1. The van der Waals surface area contributed by atoms with Crippen molar-refractivity contribution in [3.8, 4) is 0 Å². The number of allylic oxidation sites excluding steroid dienone is 2. The predicted octanol–water partition coefficient (Wildman–Crippen LogP) is 0.940. The molecule has 0 aromatic heterocycles. The Balaban J connectivity index is 0.000000810. The zero-order chi connectivity index (χ0) is 6.91. The van der Waals surface area contributed by atoms with Gasteiger partial charge in [-0.05, 0) is 19.3 Å². The molecule has 1 aliphatic carbocycles. The molecule has 1 aliphatic rings. The van der Waals surface area contributed by atoms with E-state index in [1.165, 1.54) is 0 Å². The molecular formula is C5H8NiO3S. The fraction of sp³-hybridized carbons (Fsp3) is 0.600. The summed E-state index contributed by atoms with van der Waals surface area (Å²) >= 11 is 0. The smallest absolute Gasteiger partial charge is 0.282 e. The fourth-order valence-corrected chi connectivity index (χ4v) is 1.61. The van der Waals surface area contributed by atoms with Gasteiger partial charge in [0.15, 0.2) is 0 Å². The first kappa shape index (κ1) is 10.1. The van der Waals surface area contributed by atoms with Crippen LogP contribution in [0.15, 0.2) is 11.0 Å². The Kier molecular flexibility index (Phi) is 3.56. The summed E-state index contributed by atoms with van der Waals surface area (Å²) in [5.41, 5.74) is 0. The Morgan fingerprint density at radius 1 is 1.50 bits per heavy atom. The van der Waals surface area contributed by atoms with E-state index in [1.807, 2.05) is 0 Å². The predicted molar refractivity (Wildman–Crippen MR) is 33.5 cm³/mol. The van der Waals surface area contributed by atoms with Gasteiger partial charge in [0.25, 0.3) is 10.1 Å². The zero-order valence-electron chi connectivity index (χ0n) is 5.19. The van der Waals surface area contributed by atoms with E-state index >= 15 is 0 Å². The Bertz CT molecular complexity index is 229. The van der Waals surface area contributed by atoms with E-state index in [0.717, 1.165) is 12.8 Å². The summed E-state index contributed by atoms with van der Waals surface area (Å²) in [4.78, 5) is 0.183. The normalized spacial score (nSPS) is 17.9. The van der Waals surface area contributed by atoms with Gasteiger partial charge in [0.2, 0.25) is 0 Å². The van der Waals surface area contributed by atoms with Crippen molar-refractivity contribution in [2.75, 3.05) is 0 Å². The summed E-state index contributed by atoms with van der Waals surface area (Å²) in [5.74, 6) is 0. The van der Waals surface area contributed by atoms with Gasteiger partial charge in [0.1, 0.15) is 0 Å². The van der Waals surface area contributed by atoms with E-state index in [1.54, 1.807) is 6.08 Å². The van der Waals surface area contributed by atoms with Gasteiger partial charge in [0, 0.05) is 16.5 Å². The molecule has 0 bridgehead atoms. The second-order valence-corrected chi connectivity index (χ2v) is 3.51. The molecule has 0 aromatic rings. The van der Waals surface area contributed by atoms with E-state index in [4.69, 9.17) is 4.55 Å². The number of hydrogen-bond donors (Lipinski definition) is 1. The largest absolute Gasteiger partial charge is 0.290 e. The molecule has 5 heteroatoms. The molecule has 0 atom stereocenters. The van der Waals surface area contributed by atoms with E-state index < -0.39 is 10.1 Å². The molecule has 10 heavy (non-hydrogen) atoms. The molecule has 0 heterocycles. The molecule has 0 saturated heterocycles. The second kappa shape index (κ2) is 3.51. The van der Waals surface area contributed by atoms with Crippen LogP contribution in [0.2, 0.25) is 0 Å². The van der Waals surface area contributed by atoms with Gasteiger partial charge in [-0.2, -0.15) is 8.42 Å². The van der Waals surface area contributed by atoms with Crippen LogP contribution in [0.4, 0.5) is 0 Å². The molecule has 0 unspecified atom stereocenters. The minimum Gasteiger partial charge on any atom is -0.282 e. The van der Waals surface area contributed by atoms with Crippen LogP contribution in [0.25, 0.3) is 0 Å². The Labute approximate surface area is 70.2 Å². The third kappa shape index (κ3) is 2.41. The van der Waals surface area contributed by atoms with Crippen molar-refractivity contribution in [1.82, 2.24) is 0 Å². The van der Waals surface area contributed by atoms with Crippen molar-refractivity contribution in [3.05, 3.63) is 11.0 Å². The molecule has 0 saturated carbocycles. The number of hydrogen-bond acceptors (Lipinski definition) is 2. The summed E-state index contributed by atoms with van der Waals surface area (Å²) in [7, 11) is -3.84. The summed E-state index contributed by atoms with van der Waals surface area (Å²) in [5, 5.41) is 0. The van der Waals surface area contributed by atoms with Crippen LogP contribution >= 0.6 is 0 Å². The van der Waals surface area contributed by atoms with Gasteiger partial charge in [0.05, 0.1) is 4.91 Å². The molecule has 3 nitrogen and oxygen atoms in total. The Morgan fingerprint density at radius 3 is 2.30 bits per heavy atom. The molecule has 0 amide bonds. The van der Waals surface area contributed by atoms with E-state index in [2.05, 4.69) is 0 Å². The van der Waals surface area contributed by atoms with Crippen LogP contribution in [0.3, 0.4) is 0 Å². The Morgan fingerprint density at radius 2 is 2.10 bits per heavy atom. The van der Waals surface area contributed by atoms with Gasteiger partial charge in [-0.25, -0.2) is 0 Å². The minimum atomic E-state index is -3.84. The molecule has 0 radical (unpaired) electrons. The molecule has 0 spiro atoms. The van der Waals surface area contributed by atoms with Crippen LogP contribution in [-0.4, -0.2) is 13.0 Å². The van der Waals surface area contributed by atoms with Crippen LogP contribution in [0, 0.1) is 0 Å². The van der Waals surface area contributed by atoms with Gasteiger partial charge in [-0.15, -0.1) is 0 Å². The first-order chi connectivity index (χ1) is 4.11. The van der Waals surface area contributed by atoms with Gasteiger partial charge in [-0.1, -0.05) is 6.08 Å². The van der Waals surface area contributed by atoms with Crippen molar-refractivity contribution in [1.29, 1.82) is 0 Å². The van der Waals surface area contributed by atoms with E-state index in [-0.39, 0.29) is 21.4 Å². The molecule has 1 rings (SSSR count). The summed E-state index contributed by atoms with van der Waals surface area (Å²) in [6.45, 7) is 0. The molecule has 0 aliphatic heterocycles. The van der Waals surface area contributed by atoms with Crippen LogP contribution in [-0.2, 0) is 26.6 Å². The standard InChI is InChI=1S/C5H8O3S.Ni/c6-9(7,8)5-3-1-2-4-5;/h3H,1-2,4H2,(H,6,7,8);. The van der Waals surface area contributed by atoms with Crippen molar-refractivity contribution in [2.45, 2.75) is 19.3 Å². The summed E-state index contributed by atoms with van der Waals surface area (Å²) in [6, 6.07) is 0. The summed E-state index contributed by atoms with van der Waals surface area (Å²) < 4.78 is 29.1. The third-order valence-corrected chi connectivity index (χ3v) is 2.36. The zero-order valence-corrected chi connectivity index (χ0v) is 6.99. The van der Waals surface area contributed by atoms with Crippen LogP contribution in [0.5, 0.6) is 0 Å². The van der Waals surface area contributed by atoms with Crippen LogP contribution in [0.1, 0.15) is 19.3 Å². The van der Waals surface area contributed by atoms with Gasteiger partial charge >= 0.3 is 0 Å². The first-order valence-electron chi connectivity index (χ1n) is 2.77. The average Bonchev–Trinajstić information content (AvgIpc) is 2.08. The quantitative estimate of drug-likeness (QED) is 0.514.